The van der Waals surface area contributed by atoms with E-state index >= 15 is 0 Å². The molecular weight excluding hydrogens is 386 g/mol. The van der Waals surface area contributed by atoms with Gasteiger partial charge < -0.3 is 10.1 Å². The first-order valence-corrected chi connectivity index (χ1v) is 10.3. The van der Waals surface area contributed by atoms with Crippen LogP contribution in [-0.2, 0) is 0 Å². The van der Waals surface area contributed by atoms with Gasteiger partial charge in [0.15, 0.2) is 0 Å². The zero-order valence-electron chi connectivity index (χ0n) is 16.8. The average molecular weight is 412 g/mol. The molecule has 0 saturated carbocycles. The minimum atomic E-state index is -0.164. The minimum absolute atomic E-state index is 0.164. The number of hydrogen-bond acceptors (Lipinski definition) is 3. The van der Waals surface area contributed by atoms with Crippen molar-refractivity contribution in [2.75, 3.05) is 13.7 Å². The van der Waals surface area contributed by atoms with Gasteiger partial charge in [-0.05, 0) is 36.8 Å². The molecule has 152 valence electrons. The standard InChI is InChI=1S/C23H26ClN3O2/c1-3-4-5-8-14-25-23(28)22-16-20(17-10-9-11-18(15-17)29-2)26-27(22)21-13-7-6-12-19(21)24/h6-7,9-13,15-16H,3-5,8,14H2,1-2H3,(H,25,28). The number of aromatic nitrogens is 2. The molecule has 1 N–H and O–H groups in total. The molecule has 0 unspecified atom stereocenters. The van der Waals surface area contributed by atoms with E-state index in [2.05, 4.69) is 17.3 Å². The van der Waals surface area contributed by atoms with Crippen molar-refractivity contribution >= 4 is 17.5 Å². The normalized spacial score (nSPS) is 10.7. The maximum atomic E-state index is 12.9. The number of ether oxygens (including phenoxy) is 1. The number of nitrogens with zero attached hydrogens (tertiary/aromatic N) is 2. The van der Waals surface area contributed by atoms with Crippen LogP contribution in [0.4, 0.5) is 0 Å². The summed E-state index contributed by atoms with van der Waals surface area (Å²) in [5, 5.41) is 8.22. The summed E-state index contributed by atoms with van der Waals surface area (Å²) in [5.74, 6) is 0.569. The number of hydrogen-bond donors (Lipinski definition) is 1. The van der Waals surface area contributed by atoms with Crippen LogP contribution < -0.4 is 10.1 Å². The summed E-state index contributed by atoms with van der Waals surface area (Å²) in [5.41, 5.74) is 2.66. The van der Waals surface area contributed by atoms with E-state index in [4.69, 9.17) is 16.3 Å². The molecule has 0 fully saturated rings. The van der Waals surface area contributed by atoms with E-state index in [0.717, 1.165) is 30.6 Å². The molecular formula is C23H26ClN3O2. The summed E-state index contributed by atoms with van der Waals surface area (Å²) in [4.78, 5) is 12.9. The Bertz CT molecular complexity index is 968. The summed E-state index contributed by atoms with van der Waals surface area (Å²) in [6, 6.07) is 16.8. The fraction of sp³-hybridized carbons (Fsp3) is 0.304. The van der Waals surface area contributed by atoms with Crippen molar-refractivity contribution in [1.82, 2.24) is 15.1 Å². The number of benzene rings is 2. The van der Waals surface area contributed by atoms with Crippen molar-refractivity contribution in [1.29, 1.82) is 0 Å². The second kappa shape index (κ2) is 10.1. The molecule has 1 aromatic heterocycles. The van der Waals surface area contributed by atoms with Gasteiger partial charge in [-0.15, -0.1) is 0 Å². The van der Waals surface area contributed by atoms with E-state index in [1.807, 2.05) is 42.5 Å². The van der Waals surface area contributed by atoms with Crippen LogP contribution in [0.1, 0.15) is 43.1 Å². The summed E-state index contributed by atoms with van der Waals surface area (Å²) < 4.78 is 6.92. The van der Waals surface area contributed by atoms with E-state index in [9.17, 15) is 4.79 Å². The third-order valence-electron chi connectivity index (χ3n) is 4.70. The van der Waals surface area contributed by atoms with Gasteiger partial charge in [-0.25, -0.2) is 4.68 Å². The number of para-hydroxylation sites is 1. The van der Waals surface area contributed by atoms with Crippen LogP contribution in [0.2, 0.25) is 5.02 Å². The van der Waals surface area contributed by atoms with Gasteiger partial charge in [0.05, 0.1) is 23.5 Å². The van der Waals surface area contributed by atoms with E-state index in [-0.39, 0.29) is 5.91 Å². The summed E-state index contributed by atoms with van der Waals surface area (Å²) in [6.07, 6.45) is 4.41. The van der Waals surface area contributed by atoms with Crippen LogP contribution in [0.15, 0.2) is 54.6 Å². The number of methoxy groups -OCH3 is 1. The second-order valence-corrected chi connectivity index (χ2v) is 7.23. The van der Waals surface area contributed by atoms with E-state index in [1.54, 1.807) is 23.9 Å². The number of amides is 1. The molecule has 0 atom stereocenters. The van der Waals surface area contributed by atoms with Crippen LogP contribution >= 0.6 is 11.6 Å². The first kappa shape index (κ1) is 20.9. The molecule has 3 rings (SSSR count). The lowest BCUT2D eigenvalue weighted by molar-refractivity contribution is 0.0945. The molecule has 1 heterocycles. The first-order valence-electron chi connectivity index (χ1n) is 9.91. The highest BCUT2D eigenvalue weighted by Gasteiger charge is 2.19. The molecule has 0 aliphatic rings. The van der Waals surface area contributed by atoms with Crippen LogP contribution in [0.3, 0.4) is 0 Å². The van der Waals surface area contributed by atoms with Crippen molar-refractivity contribution in [2.45, 2.75) is 32.6 Å². The number of nitrogens with one attached hydrogen (secondary N) is 1. The lowest BCUT2D eigenvalue weighted by Gasteiger charge is -2.09. The largest absolute Gasteiger partial charge is 0.497 e. The monoisotopic (exact) mass is 411 g/mol. The van der Waals surface area contributed by atoms with E-state index in [0.29, 0.717) is 28.6 Å². The molecule has 3 aromatic rings. The zero-order valence-corrected chi connectivity index (χ0v) is 17.6. The van der Waals surface area contributed by atoms with Gasteiger partial charge in [0.1, 0.15) is 11.4 Å². The Balaban J connectivity index is 1.93. The molecule has 0 saturated heterocycles. The first-order chi connectivity index (χ1) is 14.1. The van der Waals surface area contributed by atoms with E-state index < -0.39 is 0 Å². The van der Waals surface area contributed by atoms with Crippen molar-refractivity contribution in [3.63, 3.8) is 0 Å². The lowest BCUT2D eigenvalue weighted by Crippen LogP contribution is -2.26. The summed E-state index contributed by atoms with van der Waals surface area (Å²) >= 11 is 6.39. The van der Waals surface area contributed by atoms with Gasteiger partial charge in [0.2, 0.25) is 0 Å². The van der Waals surface area contributed by atoms with Gasteiger partial charge in [0.25, 0.3) is 5.91 Å². The van der Waals surface area contributed by atoms with Crippen LogP contribution in [-0.4, -0.2) is 29.3 Å². The Kier molecular flexibility index (Phi) is 7.30. The molecule has 29 heavy (non-hydrogen) atoms. The summed E-state index contributed by atoms with van der Waals surface area (Å²) in [6.45, 7) is 2.81. The van der Waals surface area contributed by atoms with Crippen LogP contribution in [0.25, 0.3) is 16.9 Å². The molecule has 5 nitrogen and oxygen atoms in total. The Morgan fingerprint density at radius 2 is 1.93 bits per heavy atom. The number of unbranched alkanes of at least 4 members (excludes halogenated alkanes) is 3. The smallest absolute Gasteiger partial charge is 0.270 e. The van der Waals surface area contributed by atoms with Crippen molar-refractivity contribution in [2.24, 2.45) is 0 Å². The van der Waals surface area contributed by atoms with Crippen LogP contribution in [0, 0.1) is 0 Å². The van der Waals surface area contributed by atoms with Gasteiger partial charge in [0, 0.05) is 12.1 Å². The molecule has 0 radical (unpaired) electrons. The van der Waals surface area contributed by atoms with Crippen molar-refractivity contribution in [3.05, 3.63) is 65.3 Å². The maximum Gasteiger partial charge on any atom is 0.270 e. The van der Waals surface area contributed by atoms with Crippen LogP contribution in [0.5, 0.6) is 5.75 Å². The number of halogens is 1. The Morgan fingerprint density at radius 3 is 2.69 bits per heavy atom. The number of carbonyl (C=O) groups excluding carboxylic acids is 1. The minimum Gasteiger partial charge on any atom is -0.497 e. The Labute approximate surface area is 176 Å². The predicted molar refractivity (Wildman–Crippen MR) is 117 cm³/mol. The molecule has 2 aromatic carbocycles. The SMILES string of the molecule is CCCCCCNC(=O)c1cc(-c2cccc(OC)c2)nn1-c1ccccc1Cl. The van der Waals surface area contributed by atoms with Gasteiger partial charge in [-0.1, -0.05) is 62.1 Å². The molecule has 0 spiro atoms. The fourth-order valence-electron chi connectivity index (χ4n) is 3.12. The highest BCUT2D eigenvalue weighted by Crippen LogP contribution is 2.27. The summed E-state index contributed by atoms with van der Waals surface area (Å²) in [7, 11) is 1.62. The number of rotatable bonds is 9. The highest BCUT2D eigenvalue weighted by molar-refractivity contribution is 6.32. The lowest BCUT2D eigenvalue weighted by atomic mass is 10.1. The molecule has 6 heteroatoms. The van der Waals surface area contributed by atoms with Gasteiger partial charge >= 0.3 is 0 Å². The van der Waals surface area contributed by atoms with Gasteiger partial charge in [-0.3, -0.25) is 4.79 Å². The predicted octanol–water partition coefficient (Wildman–Crippen LogP) is 5.51. The molecule has 0 aliphatic heterocycles. The third kappa shape index (κ3) is 5.18. The molecule has 0 bridgehead atoms. The fourth-order valence-corrected chi connectivity index (χ4v) is 3.33. The average Bonchev–Trinajstić information content (AvgIpc) is 3.19. The topological polar surface area (TPSA) is 56.1 Å². The Hall–Kier alpha value is -2.79. The zero-order chi connectivity index (χ0) is 20.6. The third-order valence-corrected chi connectivity index (χ3v) is 5.02. The van der Waals surface area contributed by atoms with Crippen molar-refractivity contribution in [3.8, 4) is 22.7 Å². The Morgan fingerprint density at radius 1 is 1.10 bits per heavy atom. The number of carbonyl (C=O) groups is 1. The van der Waals surface area contributed by atoms with Gasteiger partial charge in [-0.2, -0.15) is 5.10 Å². The quantitative estimate of drug-likeness (QED) is 0.472. The highest BCUT2D eigenvalue weighted by atomic mass is 35.5. The molecule has 0 aliphatic carbocycles. The van der Waals surface area contributed by atoms with E-state index in [1.165, 1.54) is 6.42 Å². The molecule has 1 amide bonds. The second-order valence-electron chi connectivity index (χ2n) is 6.83. The maximum absolute atomic E-state index is 12.9. The van der Waals surface area contributed by atoms with Crippen molar-refractivity contribution < 1.29 is 9.53 Å².